The molecule has 86 valence electrons. The highest BCUT2D eigenvalue weighted by Gasteiger charge is 2.12. The normalized spacial score (nSPS) is 11.2. The molecule has 0 bridgehead atoms. The largest absolute Gasteiger partial charge is 0.347 e. The zero-order chi connectivity index (χ0) is 11.7. The molecule has 0 atom stereocenters. The molecule has 1 heterocycles. The summed E-state index contributed by atoms with van der Waals surface area (Å²) in [6, 6.07) is 6.54. The average Bonchev–Trinajstić information content (AvgIpc) is 2.51. The molecule has 2 aromatic rings. The van der Waals surface area contributed by atoms with Crippen molar-refractivity contribution in [1.29, 1.82) is 0 Å². The van der Waals surface area contributed by atoms with Gasteiger partial charge in [0.25, 0.3) is 0 Å². The lowest BCUT2D eigenvalue weighted by atomic mass is 10.0. The van der Waals surface area contributed by atoms with E-state index < -0.39 is 0 Å². The second-order valence-corrected chi connectivity index (χ2v) is 4.49. The highest BCUT2D eigenvalue weighted by molar-refractivity contribution is 5.88. The van der Waals surface area contributed by atoms with Crippen molar-refractivity contribution in [3.8, 4) is 0 Å². The zero-order valence-corrected chi connectivity index (χ0v) is 10.4. The SMILES string of the molecule is Cc1cccc2c(CCCN)c(C)n(C)c12. The fraction of sp³-hybridized carbons (Fsp3) is 0.429. The van der Waals surface area contributed by atoms with Crippen LogP contribution in [0.4, 0.5) is 0 Å². The summed E-state index contributed by atoms with van der Waals surface area (Å²) in [7, 11) is 2.15. The van der Waals surface area contributed by atoms with Crippen LogP contribution in [-0.2, 0) is 13.5 Å². The van der Waals surface area contributed by atoms with Gasteiger partial charge in [0.2, 0.25) is 0 Å². The standard InChI is InChI=1S/C14H20N2/c1-10-6-4-7-13-12(8-5-9-15)11(2)16(3)14(10)13/h4,6-7H,5,8-9,15H2,1-3H3. The fourth-order valence-corrected chi connectivity index (χ4v) is 2.51. The van der Waals surface area contributed by atoms with Crippen molar-refractivity contribution in [2.75, 3.05) is 6.54 Å². The smallest absolute Gasteiger partial charge is 0.0512 e. The van der Waals surface area contributed by atoms with Crippen LogP contribution in [-0.4, -0.2) is 11.1 Å². The molecule has 0 fully saturated rings. The van der Waals surface area contributed by atoms with E-state index in [4.69, 9.17) is 5.73 Å². The fourth-order valence-electron chi connectivity index (χ4n) is 2.51. The van der Waals surface area contributed by atoms with E-state index in [-0.39, 0.29) is 0 Å². The predicted octanol–water partition coefficient (Wildman–Crippen LogP) is 2.69. The van der Waals surface area contributed by atoms with Gasteiger partial charge in [-0.1, -0.05) is 18.2 Å². The van der Waals surface area contributed by atoms with Gasteiger partial charge in [-0.2, -0.15) is 0 Å². The topological polar surface area (TPSA) is 30.9 Å². The van der Waals surface area contributed by atoms with E-state index in [2.05, 4.69) is 43.7 Å². The van der Waals surface area contributed by atoms with Crippen molar-refractivity contribution in [3.05, 3.63) is 35.0 Å². The van der Waals surface area contributed by atoms with Gasteiger partial charge in [-0.3, -0.25) is 0 Å². The third-order valence-corrected chi connectivity index (χ3v) is 3.47. The minimum atomic E-state index is 0.766. The Hall–Kier alpha value is -1.28. The lowest BCUT2D eigenvalue weighted by Gasteiger charge is -2.01. The molecule has 2 rings (SSSR count). The number of para-hydroxylation sites is 1. The van der Waals surface area contributed by atoms with E-state index in [0.29, 0.717) is 0 Å². The summed E-state index contributed by atoms with van der Waals surface area (Å²) in [4.78, 5) is 0. The van der Waals surface area contributed by atoms with E-state index >= 15 is 0 Å². The first-order chi connectivity index (χ1) is 7.66. The molecule has 0 radical (unpaired) electrons. The number of nitrogens with zero attached hydrogens (tertiary/aromatic N) is 1. The summed E-state index contributed by atoms with van der Waals surface area (Å²) in [6.45, 7) is 5.14. The van der Waals surface area contributed by atoms with Crippen LogP contribution >= 0.6 is 0 Å². The van der Waals surface area contributed by atoms with Crippen LogP contribution in [0, 0.1) is 13.8 Å². The lowest BCUT2D eigenvalue weighted by Crippen LogP contribution is -2.01. The van der Waals surface area contributed by atoms with Crippen LogP contribution in [0.2, 0.25) is 0 Å². The molecule has 2 nitrogen and oxygen atoms in total. The maximum absolute atomic E-state index is 5.60. The summed E-state index contributed by atoms with van der Waals surface area (Å²) in [5, 5.41) is 1.40. The molecule has 16 heavy (non-hydrogen) atoms. The number of aromatic nitrogens is 1. The number of hydrogen-bond donors (Lipinski definition) is 1. The summed E-state index contributed by atoms with van der Waals surface area (Å²) in [5.74, 6) is 0. The molecule has 0 saturated heterocycles. The summed E-state index contributed by atoms with van der Waals surface area (Å²) >= 11 is 0. The molecule has 0 amide bonds. The molecule has 1 aromatic carbocycles. The Kier molecular flexibility index (Phi) is 3.01. The number of hydrogen-bond acceptors (Lipinski definition) is 1. The maximum atomic E-state index is 5.60. The van der Waals surface area contributed by atoms with Gasteiger partial charge >= 0.3 is 0 Å². The first kappa shape index (κ1) is 11.2. The molecule has 2 N–H and O–H groups in total. The van der Waals surface area contributed by atoms with Gasteiger partial charge in [-0.15, -0.1) is 0 Å². The van der Waals surface area contributed by atoms with Crippen LogP contribution in [0.3, 0.4) is 0 Å². The van der Waals surface area contributed by atoms with E-state index in [9.17, 15) is 0 Å². The molecule has 0 aliphatic heterocycles. The van der Waals surface area contributed by atoms with Crippen molar-refractivity contribution >= 4 is 10.9 Å². The van der Waals surface area contributed by atoms with Gasteiger partial charge in [0.1, 0.15) is 0 Å². The Morgan fingerprint density at radius 1 is 1.25 bits per heavy atom. The molecular weight excluding hydrogens is 196 g/mol. The minimum Gasteiger partial charge on any atom is -0.347 e. The number of nitrogens with two attached hydrogens (primary N) is 1. The number of fused-ring (bicyclic) bond motifs is 1. The van der Waals surface area contributed by atoms with Crippen LogP contribution in [0.1, 0.15) is 23.2 Å². The summed E-state index contributed by atoms with van der Waals surface area (Å²) in [6.07, 6.45) is 2.15. The Morgan fingerprint density at radius 2 is 2.00 bits per heavy atom. The van der Waals surface area contributed by atoms with E-state index in [1.54, 1.807) is 0 Å². The lowest BCUT2D eigenvalue weighted by molar-refractivity contribution is 0.816. The van der Waals surface area contributed by atoms with Gasteiger partial charge in [0, 0.05) is 18.1 Å². The summed E-state index contributed by atoms with van der Waals surface area (Å²) in [5.41, 5.74) is 11.2. The Bertz CT molecular complexity index is 509. The van der Waals surface area contributed by atoms with Crippen LogP contribution in [0.5, 0.6) is 0 Å². The van der Waals surface area contributed by atoms with Gasteiger partial charge in [0.15, 0.2) is 0 Å². The third kappa shape index (κ3) is 1.63. The molecule has 0 aliphatic rings. The van der Waals surface area contributed by atoms with E-state index in [1.165, 1.54) is 27.7 Å². The highest BCUT2D eigenvalue weighted by atomic mass is 14.9. The monoisotopic (exact) mass is 216 g/mol. The van der Waals surface area contributed by atoms with Gasteiger partial charge in [-0.25, -0.2) is 0 Å². The van der Waals surface area contributed by atoms with Gasteiger partial charge < -0.3 is 10.3 Å². The van der Waals surface area contributed by atoms with Gasteiger partial charge in [-0.05, 0) is 44.4 Å². The zero-order valence-electron chi connectivity index (χ0n) is 10.4. The molecule has 0 saturated carbocycles. The minimum absolute atomic E-state index is 0.766. The quantitative estimate of drug-likeness (QED) is 0.840. The highest BCUT2D eigenvalue weighted by Crippen LogP contribution is 2.28. The average molecular weight is 216 g/mol. The molecule has 0 spiro atoms. The number of rotatable bonds is 3. The molecule has 1 aromatic heterocycles. The number of benzene rings is 1. The van der Waals surface area contributed by atoms with Crippen molar-refractivity contribution < 1.29 is 0 Å². The van der Waals surface area contributed by atoms with Crippen molar-refractivity contribution in [3.63, 3.8) is 0 Å². The van der Waals surface area contributed by atoms with Crippen LogP contribution in [0.15, 0.2) is 18.2 Å². The first-order valence-electron chi connectivity index (χ1n) is 5.90. The Balaban J connectivity index is 2.64. The Morgan fingerprint density at radius 3 is 2.69 bits per heavy atom. The molecule has 0 aliphatic carbocycles. The van der Waals surface area contributed by atoms with Gasteiger partial charge in [0.05, 0.1) is 5.52 Å². The molecule has 0 unspecified atom stereocenters. The first-order valence-corrected chi connectivity index (χ1v) is 5.90. The molecule has 2 heteroatoms. The number of aryl methyl sites for hydroxylation is 3. The van der Waals surface area contributed by atoms with Crippen molar-refractivity contribution in [2.45, 2.75) is 26.7 Å². The maximum Gasteiger partial charge on any atom is 0.0512 e. The third-order valence-electron chi connectivity index (χ3n) is 3.47. The van der Waals surface area contributed by atoms with Crippen LogP contribution < -0.4 is 5.73 Å². The van der Waals surface area contributed by atoms with Crippen LogP contribution in [0.25, 0.3) is 10.9 Å². The summed E-state index contributed by atoms with van der Waals surface area (Å²) < 4.78 is 2.30. The second-order valence-electron chi connectivity index (χ2n) is 4.49. The van der Waals surface area contributed by atoms with E-state index in [0.717, 1.165) is 19.4 Å². The Labute approximate surface area is 97.1 Å². The predicted molar refractivity (Wildman–Crippen MR) is 69.8 cm³/mol. The van der Waals surface area contributed by atoms with E-state index in [1.807, 2.05) is 0 Å². The van der Waals surface area contributed by atoms with Crippen molar-refractivity contribution in [1.82, 2.24) is 4.57 Å². The molecular formula is C14H20N2. The second kappa shape index (κ2) is 4.30. The van der Waals surface area contributed by atoms with Crippen molar-refractivity contribution in [2.24, 2.45) is 12.8 Å².